The first kappa shape index (κ1) is 22.6. The van der Waals surface area contributed by atoms with Crippen LogP contribution in [0.2, 0.25) is 0 Å². The third-order valence-corrected chi connectivity index (χ3v) is 6.79. The van der Waals surface area contributed by atoms with E-state index in [0.29, 0.717) is 11.3 Å². The maximum absolute atomic E-state index is 13.6. The Hall–Kier alpha value is -3.12. The van der Waals surface area contributed by atoms with E-state index in [4.69, 9.17) is 0 Å². The second kappa shape index (κ2) is 10.3. The van der Waals surface area contributed by atoms with Gasteiger partial charge in [-0.2, -0.15) is 0 Å². The molecule has 5 nitrogen and oxygen atoms in total. The standard InChI is InChI=1S/C25H28N2O3S/c1-3-12-20(2)26-25(28)23-17-10-11-18-24(23)27(19-21-13-6-4-7-14-21)31(29,30)22-15-8-5-9-16-22/h4-11,13-18,20H,3,12,19H2,1-2H3,(H,26,28)/t20-/m0/s1. The van der Waals surface area contributed by atoms with Crippen molar-refractivity contribution >= 4 is 21.6 Å². The summed E-state index contributed by atoms with van der Waals surface area (Å²) in [4.78, 5) is 13.2. The molecular formula is C25H28N2O3S. The maximum Gasteiger partial charge on any atom is 0.264 e. The van der Waals surface area contributed by atoms with Gasteiger partial charge in [-0.3, -0.25) is 9.10 Å². The van der Waals surface area contributed by atoms with E-state index in [2.05, 4.69) is 12.2 Å². The number of carbonyl (C=O) groups is 1. The topological polar surface area (TPSA) is 66.5 Å². The minimum atomic E-state index is -3.89. The second-order valence-electron chi connectivity index (χ2n) is 7.49. The first-order valence-electron chi connectivity index (χ1n) is 10.4. The SMILES string of the molecule is CCC[C@H](C)NC(=O)c1ccccc1N(Cc1ccccc1)S(=O)(=O)c1ccccc1. The van der Waals surface area contributed by atoms with Crippen LogP contribution in [0.1, 0.15) is 42.6 Å². The van der Waals surface area contributed by atoms with Crippen LogP contribution in [-0.4, -0.2) is 20.4 Å². The van der Waals surface area contributed by atoms with E-state index in [1.54, 1.807) is 54.6 Å². The summed E-state index contributed by atoms with van der Waals surface area (Å²) < 4.78 is 28.6. The van der Waals surface area contributed by atoms with E-state index < -0.39 is 10.0 Å². The number of hydrogen-bond acceptors (Lipinski definition) is 3. The van der Waals surface area contributed by atoms with E-state index >= 15 is 0 Å². The van der Waals surface area contributed by atoms with Crippen molar-refractivity contribution in [2.24, 2.45) is 0 Å². The van der Waals surface area contributed by atoms with Gasteiger partial charge >= 0.3 is 0 Å². The van der Waals surface area contributed by atoms with E-state index in [-0.39, 0.29) is 23.4 Å². The van der Waals surface area contributed by atoms with Crippen LogP contribution in [0, 0.1) is 0 Å². The molecule has 1 N–H and O–H groups in total. The van der Waals surface area contributed by atoms with Crippen molar-refractivity contribution in [1.82, 2.24) is 5.32 Å². The molecule has 0 saturated heterocycles. The van der Waals surface area contributed by atoms with Crippen LogP contribution in [0.5, 0.6) is 0 Å². The van der Waals surface area contributed by atoms with E-state index in [9.17, 15) is 13.2 Å². The molecule has 0 heterocycles. The zero-order valence-electron chi connectivity index (χ0n) is 17.9. The van der Waals surface area contributed by atoms with Crippen LogP contribution >= 0.6 is 0 Å². The molecule has 3 aromatic rings. The molecule has 3 rings (SSSR count). The van der Waals surface area contributed by atoms with Crippen molar-refractivity contribution in [2.45, 2.75) is 44.2 Å². The van der Waals surface area contributed by atoms with Crippen molar-refractivity contribution in [3.63, 3.8) is 0 Å². The summed E-state index contributed by atoms with van der Waals surface area (Å²) in [5.74, 6) is -0.280. The molecule has 3 aromatic carbocycles. The van der Waals surface area contributed by atoms with Gasteiger partial charge in [-0.05, 0) is 43.2 Å². The van der Waals surface area contributed by atoms with Crippen molar-refractivity contribution in [2.75, 3.05) is 4.31 Å². The van der Waals surface area contributed by atoms with Gasteiger partial charge in [0.2, 0.25) is 0 Å². The van der Waals surface area contributed by atoms with Gasteiger partial charge in [-0.15, -0.1) is 0 Å². The van der Waals surface area contributed by atoms with Crippen molar-refractivity contribution in [3.8, 4) is 0 Å². The lowest BCUT2D eigenvalue weighted by Crippen LogP contribution is -2.36. The Balaban J connectivity index is 2.07. The molecule has 0 radical (unpaired) electrons. The molecule has 0 aliphatic rings. The lowest BCUT2D eigenvalue weighted by Gasteiger charge is -2.27. The van der Waals surface area contributed by atoms with Gasteiger partial charge in [0.25, 0.3) is 15.9 Å². The average molecular weight is 437 g/mol. The summed E-state index contributed by atoms with van der Waals surface area (Å²) in [5.41, 5.74) is 1.52. The van der Waals surface area contributed by atoms with Gasteiger partial charge in [0.05, 0.1) is 22.7 Å². The Morgan fingerprint density at radius 3 is 2.13 bits per heavy atom. The van der Waals surface area contributed by atoms with E-state index in [0.717, 1.165) is 18.4 Å². The highest BCUT2D eigenvalue weighted by Gasteiger charge is 2.28. The normalized spacial score (nSPS) is 12.2. The summed E-state index contributed by atoms with van der Waals surface area (Å²) in [6.07, 6.45) is 1.80. The first-order valence-corrected chi connectivity index (χ1v) is 11.9. The molecule has 6 heteroatoms. The van der Waals surface area contributed by atoms with Crippen LogP contribution in [0.25, 0.3) is 0 Å². The minimum Gasteiger partial charge on any atom is -0.350 e. The highest BCUT2D eigenvalue weighted by molar-refractivity contribution is 7.92. The molecule has 0 aromatic heterocycles. The fourth-order valence-electron chi connectivity index (χ4n) is 3.46. The summed E-state index contributed by atoms with van der Waals surface area (Å²) in [6, 6.07) is 24.5. The third-order valence-electron chi connectivity index (χ3n) is 5.02. The smallest absolute Gasteiger partial charge is 0.264 e. The number of benzene rings is 3. The second-order valence-corrected chi connectivity index (χ2v) is 9.35. The van der Waals surface area contributed by atoms with Crippen molar-refractivity contribution in [3.05, 3.63) is 96.1 Å². The zero-order valence-corrected chi connectivity index (χ0v) is 18.7. The molecule has 0 bridgehead atoms. The number of hydrogen-bond donors (Lipinski definition) is 1. The Kier molecular flexibility index (Phi) is 7.47. The summed E-state index contributed by atoms with van der Waals surface area (Å²) in [5, 5.41) is 2.99. The lowest BCUT2D eigenvalue weighted by molar-refractivity contribution is 0.0939. The summed E-state index contributed by atoms with van der Waals surface area (Å²) in [6.45, 7) is 4.13. The molecule has 0 spiro atoms. The monoisotopic (exact) mass is 436 g/mol. The van der Waals surface area contributed by atoms with Gasteiger partial charge in [-0.25, -0.2) is 8.42 Å². The number of anilines is 1. The van der Waals surface area contributed by atoms with Crippen molar-refractivity contribution < 1.29 is 13.2 Å². The quantitative estimate of drug-likeness (QED) is 0.513. The highest BCUT2D eigenvalue weighted by Crippen LogP contribution is 2.29. The average Bonchev–Trinajstić information content (AvgIpc) is 2.79. The Bertz CT molecular complexity index is 1100. The van der Waals surface area contributed by atoms with Gasteiger partial charge in [-0.1, -0.05) is 74.0 Å². The Morgan fingerprint density at radius 1 is 0.903 bits per heavy atom. The Labute approximate surface area is 184 Å². The molecule has 0 unspecified atom stereocenters. The highest BCUT2D eigenvalue weighted by atomic mass is 32.2. The van der Waals surface area contributed by atoms with Crippen LogP contribution in [0.4, 0.5) is 5.69 Å². The molecular weight excluding hydrogens is 408 g/mol. The van der Waals surface area contributed by atoms with Crippen LogP contribution in [0.15, 0.2) is 89.8 Å². The number of nitrogens with one attached hydrogen (secondary N) is 1. The summed E-state index contributed by atoms with van der Waals surface area (Å²) in [7, 11) is -3.89. The molecule has 0 aliphatic carbocycles. The molecule has 1 amide bonds. The van der Waals surface area contributed by atoms with E-state index in [1.165, 1.54) is 4.31 Å². The van der Waals surface area contributed by atoms with E-state index in [1.807, 2.05) is 37.3 Å². The number of nitrogens with zero attached hydrogens (tertiary/aromatic N) is 1. The minimum absolute atomic E-state index is 0.00106. The number of para-hydroxylation sites is 1. The van der Waals surface area contributed by atoms with Crippen LogP contribution in [0.3, 0.4) is 0 Å². The molecule has 0 aliphatic heterocycles. The third kappa shape index (κ3) is 5.52. The fourth-order valence-corrected chi connectivity index (χ4v) is 4.95. The molecule has 162 valence electrons. The molecule has 1 atom stereocenters. The summed E-state index contributed by atoms with van der Waals surface area (Å²) >= 11 is 0. The largest absolute Gasteiger partial charge is 0.350 e. The predicted molar refractivity (Wildman–Crippen MR) is 125 cm³/mol. The van der Waals surface area contributed by atoms with Gasteiger partial charge in [0, 0.05) is 6.04 Å². The number of rotatable bonds is 9. The van der Waals surface area contributed by atoms with Crippen LogP contribution in [-0.2, 0) is 16.6 Å². The van der Waals surface area contributed by atoms with Gasteiger partial charge in [0.1, 0.15) is 0 Å². The lowest BCUT2D eigenvalue weighted by atomic mass is 10.1. The fraction of sp³-hybridized carbons (Fsp3) is 0.240. The molecule has 31 heavy (non-hydrogen) atoms. The predicted octanol–water partition coefficient (Wildman–Crippen LogP) is 5.00. The first-order chi connectivity index (χ1) is 14.9. The molecule has 0 fully saturated rings. The number of amides is 1. The Morgan fingerprint density at radius 2 is 1.48 bits per heavy atom. The van der Waals surface area contributed by atoms with Crippen LogP contribution < -0.4 is 9.62 Å². The van der Waals surface area contributed by atoms with Gasteiger partial charge < -0.3 is 5.32 Å². The zero-order chi connectivity index (χ0) is 22.3. The molecule has 0 saturated carbocycles. The number of carbonyl (C=O) groups excluding carboxylic acids is 1. The maximum atomic E-state index is 13.6. The van der Waals surface area contributed by atoms with Crippen molar-refractivity contribution in [1.29, 1.82) is 0 Å². The van der Waals surface area contributed by atoms with Gasteiger partial charge in [0.15, 0.2) is 0 Å². The number of sulfonamides is 1.